The Morgan fingerprint density at radius 2 is 1.00 bits per heavy atom. The summed E-state index contributed by atoms with van der Waals surface area (Å²) in [6, 6.07) is 0. The minimum Gasteiger partial charge on any atom is -0.462 e. The molecule has 2 atom stereocenters. The van der Waals surface area contributed by atoms with E-state index in [4.69, 9.17) is 24.3 Å². The highest BCUT2D eigenvalue weighted by molar-refractivity contribution is 7.47. The third kappa shape index (κ3) is 42.9. The molecular formula is C47H82NO8P. The van der Waals surface area contributed by atoms with Gasteiger partial charge in [0.1, 0.15) is 6.61 Å². The van der Waals surface area contributed by atoms with Crippen molar-refractivity contribution in [1.82, 2.24) is 0 Å². The second kappa shape index (κ2) is 43.0. The number of carbonyl (C=O) groups is 2. The van der Waals surface area contributed by atoms with E-state index in [0.29, 0.717) is 19.3 Å². The molecule has 10 heteroatoms. The lowest BCUT2D eigenvalue weighted by Gasteiger charge is -2.19. The van der Waals surface area contributed by atoms with Gasteiger partial charge in [-0.15, -0.1) is 0 Å². The average Bonchev–Trinajstić information content (AvgIpc) is 3.20. The highest BCUT2D eigenvalue weighted by atomic mass is 31.2. The Balaban J connectivity index is 4.13. The summed E-state index contributed by atoms with van der Waals surface area (Å²) >= 11 is 0. The van der Waals surface area contributed by atoms with Crippen molar-refractivity contribution in [2.75, 3.05) is 26.4 Å². The Kier molecular flexibility index (Phi) is 41.1. The van der Waals surface area contributed by atoms with Gasteiger partial charge in [0.25, 0.3) is 0 Å². The molecule has 0 aromatic rings. The average molecular weight is 820 g/mol. The molecule has 0 radical (unpaired) electrons. The fraction of sp³-hybridized carbons (Fsp3) is 0.702. The number of hydrogen-bond donors (Lipinski definition) is 2. The van der Waals surface area contributed by atoms with Crippen LogP contribution in [0.3, 0.4) is 0 Å². The first-order valence-corrected chi connectivity index (χ1v) is 24.0. The fourth-order valence-corrected chi connectivity index (χ4v) is 6.66. The predicted octanol–water partition coefficient (Wildman–Crippen LogP) is 13.1. The maximum absolute atomic E-state index is 12.5. The highest BCUT2D eigenvalue weighted by Crippen LogP contribution is 2.43. The monoisotopic (exact) mass is 820 g/mol. The number of nitrogens with two attached hydrogens (primary N) is 1. The van der Waals surface area contributed by atoms with Crippen molar-refractivity contribution in [3.05, 3.63) is 72.9 Å². The van der Waals surface area contributed by atoms with Gasteiger partial charge in [0, 0.05) is 19.4 Å². The summed E-state index contributed by atoms with van der Waals surface area (Å²) in [5, 5.41) is 0. The molecule has 0 saturated carbocycles. The maximum atomic E-state index is 12.5. The summed E-state index contributed by atoms with van der Waals surface area (Å²) < 4.78 is 32.7. The topological polar surface area (TPSA) is 134 Å². The van der Waals surface area contributed by atoms with Gasteiger partial charge in [0.15, 0.2) is 6.10 Å². The molecule has 57 heavy (non-hydrogen) atoms. The van der Waals surface area contributed by atoms with Gasteiger partial charge in [-0.3, -0.25) is 18.6 Å². The summed E-state index contributed by atoms with van der Waals surface area (Å²) in [5.74, 6) is -0.924. The van der Waals surface area contributed by atoms with Gasteiger partial charge >= 0.3 is 19.8 Å². The van der Waals surface area contributed by atoms with Crippen LogP contribution in [-0.4, -0.2) is 49.3 Å². The Hall–Kier alpha value is -2.55. The van der Waals surface area contributed by atoms with Crippen LogP contribution in [0, 0.1) is 0 Å². The quantitative estimate of drug-likeness (QED) is 0.0203. The normalized spacial score (nSPS) is 14.0. The zero-order valence-corrected chi connectivity index (χ0v) is 36.9. The number of phosphoric acid groups is 1. The standard InChI is InChI=1S/C47H82NO8P/c1-3-5-7-9-11-13-15-17-18-19-20-21-22-23-24-25-26-28-29-31-33-35-37-39-46(49)53-43-45(44-55-57(51,52)54-42-41-48)56-47(50)40-38-36-34-32-30-27-16-14-12-10-8-6-4-2/h6,8,10,12,14,16,23-24,27,30,32,34,45H,3-5,7,9,11,13,15,17-22,25-26,28-29,31,33,35-44,48H2,1-2H3,(H,51,52)/b8-6+,12-10+,16-14+,24-23+,30-27+,34-32+. The third-order valence-electron chi connectivity index (χ3n) is 9.20. The summed E-state index contributed by atoms with van der Waals surface area (Å²) in [6.45, 7) is 3.49. The van der Waals surface area contributed by atoms with Crippen LogP contribution >= 0.6 is 7.82 Å². The van der Waals surface area contributed by atoms with E-state index in [1.807, 2.05) is 54.7 Å². The molecule has 0 heterocycles. The number of esters is 2. The number of hydrogen-bond acceptors (Lipinski definition) is 8. The second-order valence-corrected chi connectivity index (χ2v) is 16.1. The van der Waals surface area contributed by atoms with Gasteiger partial charge in [0.05, 0.1) is 13.2 Å². The van der Waals surface area contributed by atoms with Gasteiger partial charge in [-0.25, -0.2) is 4.57 Å². The SMILES string of the molecule is CC/C=C/C=C/C=C/C=C/C=C/CCCC(=O)OC(COC(=O)CCCCCCCCC/C=C/CCCCCCCCCCCCCC)COP(=O)(O)OCCN. The summed E-state index contributed by atoms with van der Waals surface area (Å²) in [6.07, 6.45) is 52.5. The lowest BCUT2D eigenvalue weighted by Crippen LogP contribution is -2.29. The van der Waals surface area contributed by atoms with Crippen molar-refractivity contribution in [2.24, 2.45) is 5.73 Å². The van der Waals surface area contributed by atoms with E-state index in [-0.39, 0.29) is 32.6 Å². The molecule has 0 fully saturated rings. The van der Waals surface area contributed by atoms with Gasteiger partial charge in [-0.2, -0.15) is 0 Å². The Bertz CT molecular complexity index is 1160. The van der Waals surface area contributed by atoms with E-state index in [1.54, 1.807) is 0 Å². The zero-order valence-electron chi connectivity index (χ0n) is 36.0. The van der Waals surface area contributed by atoms with Crippen LogP contribution in [0.1, 0.15) is 181 Å². The molecule has 0 aliphatic heterocycles. The number of unbranched alkanes of at least 4 members (excludes halogenated alkanes) is 20. The van der Waals surface area contributed by atoms with Crippen LogP contribution in [0.15, 0.2) is 72.9 Å². The van der Waals surface area contributed by atoms with Gasteiger partial charge in [-0.05, 0) is 51.4 Å². The van der Waals surface area contributed by atoms with Crippen molar-refractivity contribution in [3.63, 3.8) is 0 Å². The fourth-order valence-electron chi connectivity index (χ4n) is 5.89. The van der Waals surface area contributed by atoms with E-state index in [2.05, 4.69) is 32.1 Å². The molecule has 2 unspecified atom stereocenters. The highest BCUT2D eigenvalue weighted by Gasteiger charge is 2.25. The molecule has 0 saturated heterocycles. The van der Waals surface area contributed by atoms with Crippen LogP contribution in [0.5, 0.6) is 0 Å². The van der Waals surface area contributed by atoms with Crippen molar-refractivity contribution >= 4 is 19.8 Å². The van der Waals surface area contributed by atoms with Crippen LogP contribution in [0.25, 0.3) is 0 Å². The summed E-state index contributed by atoms with van der Waals surface area (Å²) in [7, 11) is -4.40. The molecule has 0 aromatic carbocycles. The van der Waals surface area contributed by atoms with Crippen LogP contribution < -0.4 is 5.73 Å². The second-order valence-electron chi connectivity index (χ2n) is 14.7. The first kappa shape index (κ1) is 54.5. The van der Waals surface area contributed by atoms with E-state index >= 15 is 0 Å². The van der Waals surface area contributed by atoms with Crippen LogP contribution in [0.4, 0.5) is 0 Å². The lowest BCUT2D eigenvalue weighted by molar-refractivity contribution is -0.161. The molecule has 0 aromatic heterocycles. The Morgan fingerprint density at radius 3 is 1.53 bits per heavy atom. The zero-order chi connectivity index (χ0) is 41.8. The van der Waals surface area contributed by atoms with Gasteiger partial charge in [0.2, 0.25) is 0 Å². The van der Waals surface area contributed by atoms with Gasteiger partial charge < -0.3 is 20.1 Å². The van der Waals surface area contributed by atoms with E-state index in [0.717, 1.165) is 32.1 Å². The number of carbonyl (C=O) groups excluding carboxylic acids is 2. The van der Waals surface area contributed by atoms with E-state index in [1.165, 1.54) is 103 Å². The molecule has 0 rings (SSSR count). The molecule has 0 spiro atoms. The molecule has 3 N–H and O–H groups in total. The maximum Gasteiger partial charge on any atom is 0.472 e. The van der Waals surface area contributed by atoms with Gasteiger partial charge in [-0.1, -0.05) is 189 Å². The van der Waals surface area contributed by atoms with Crippen LogP contribution in [0.2, 0.25) is 0 Å². The molecular weight excluding hydrogens is 737 g/mol. The number of rotatable bonds is 41. The number of phosphoric ester groups is 1. The van der Waals surface area contributed by atoms with Crippen molar-refractivity contribution in [1.29, 1.82) is 0 Å². The number of allylic oxidation sites excluding steroid dienone is 12. The smallest absolute Gasteiger partial charge is 0.462 e. The summed E-state index contributed by atoms with van der Waals surface area (Å²) in [4.78, 5) is 34.8. The molecule has 9 nitrogen and oxygen atoms in total. The predicted molar refractivity (Wildman–Crippen MR) is 238 cm³/mol. The molecule has 328 valence electrons. The van der Waals surface area contributed by atoms with E-state index < -0.39 is 32.5 Å². The largest absolute Gasteiger partial charge is 0.472 e. The lowest BCUT2D eigenvalue weighted by atomic mass is 10.0. The first-order chi connectivity index (χ1) is 27.8. The number of ether oxygens (including phenoxy) is 2. The summed E-state index contributed by atoms with van der Waals surface area (Å²) in [5.41, 5.74) is 5.34. The molecule has 0 amide bonds. The first-order valence-electron chi connectivity index (χ1n) is 22.5. The molecule has 0 aliphatic carbocycles. The minimum absolute atomic E-state index is 0.0380. The van der Waals surface area contributed by atoms with Crippen molar-refractivity contribution in [3.8, 4) is 0 Å². The Labute approximate surface area is 348 Å². The van der Waals surface area contributed by atoms with Crippen molar-refractivity contribution < 1.29 is 37.6 Å². The van der Waals surface area contributed by atoms with E-state index in [9.17, 15) is 19.0 Å². The Morgan fingerprint density at radius 1 is 0.544 bits per heavy atom. The molecule has 0 bridgehead atoms. The van der Waals surface area contributed by atoms with Crippen molar-refractivity contribution in [2.45, 2.75) is 187 Å². The third-order valence-corrected chi connectivity index (χ3v) is 10.2. The minimum atomic E-state index is -4.40. The molecule has 0 aliphatic rings. The van der Waals surface area contributed by atoms with Crippen LogP contribution in [-0.2, 0) is 32.7 Å².